The fourth-order valence-corrected chi connectivity index (χ4v) is 3.31. The Bertz CT molecular complexity index is 534. The van der Waals surface area contributed by atoms with Gasteiger partial charge in [0.1, 0.15) is 5.82 Å². The van der Waals surface area contributed by atoms with Gasteiger partial charge in [-0.1, -0.05) is 59.9 Å². The highest BCUT2D eigenvalue weighted by molar-refractivity contribution is 9.10. The van der Waals surface area contributed by atoms with Gasteiger partial charge in [-0.3, -0.25) is 0 Å². The highest BCUT2D eigenvalue weighted by atomic mass is 79.9. The Labute approximate surface area is 131 Å². The average molecular weight is 437 g/mol. The Kier molecular flexibility index (Phi) is 4.98. The Morgan fingerprint density at radius 3 is 2.44 bits per heavy atom. The molecule has 94 valence electrons. The Balaban J connectivity index is 2.19. The highest BCUT2D eigenvalue weighted by Crippen LogP contribution is 2.30. The summed E-state index contributed by atoms with van der Waals surface area (Å²) in [4.78, 5) is 0.0961. The molecule has 0 aliphatic rings. The Morgan fingerprint density at radius 2 is 1.78 bits per heavy atom. The zero-order chi connectivity index (χ0) is 13.1. The molecule has 4 heteroatoms. The largest absolute Gasteiger partial charge is 0.207 e. The minimum Gasteiger partial charge on any atom is -0.207 e. The molecule has 2 aromatic rings. The van der Waals surface area contributed by atoms with Crippen LogP contribution in [0.2, 0.25) is 0 Å². The van der Waals surface area contributed by atoms with Crippen LogP contribution in [0.1, 0.15) is 16.0 Å². The van der Waals surface area contributed by atoms with Gasteiger partial charge in [-0.25, -0.2) is 4.39 Å². The van der Waals surface area contributed by atoms with Gasteiger partial charge in [-0.2, -0.15) is 0 Å². The van der Waals surface area contributed by atoms with E-state index in [9.17, 15) is 4.39 Å². The summed E-state index contributed by atoms with van der Waals surface area (Å²) in [6.45, 7) is 0. The van der Waals surface area contributed by atoms with Gasteiger partial charge in [0.25, 0.3) is 0 Å². The van der Waals surface area contributed by atoms with Gasteiger partial charge in [-0.05, 0) is 47.9 Å². The van der Waals surface area contributed by atoms with Crippen LogP contribution in [0.15, 0.2) is 51.4 Å². The van der Waals surface area contributed by atoms with Crippen molar-refractivity contribution >= 4 is 47.8 Å². The van der Waals surface area contributed by atoms with Crippen LogP contribution in [-0.4, -0.2) is 0 Å². The molecule has 0 aliphatic carbocycles. The van der Waals surface area contributed by atoms with Gasteiger partial charge >= 0.3 is 0 Å². The Hall–Kier alpha value is -0.190. The second kappa shape index (κ2) is 6.31. The zero-order valence-electron chi connectivity index (χ0n) is 9.34. The van der Waals surface area contributed by atoms with Crippen LogP contribution in [-0.2, 0) is 6.42 Å². The van der Waals surface area contributed by atoms with Crippen LogP contribution in [0, 0.1) is 5.82 Å². The molecule has 0 saturated heterocycles. The number of hydrogen-bond donors (Lipinski definition) is 0. The van der Waals surface area contributed by atoms with Crippen molar-refractivity contribution in [2.24, 2.45) is 0 Å². The van der Waals surface area contributed by atoms with Crippen LogP contribution >= 0.6 is 47.8 Å². The summed E-state index contributed by atoms with van der Waals surface area (Å²) < 4.78 is 15.1. The lowest BCUT2D eigenvalue weighted by Crippen LogP contribution is -1.96. The van der Waals surface area contributed by atoms with E-state index in [2.05, 4.69) is 59.9 Å². The van der Waals surface area contributed by atoms with Gasteiger partial charge in [0.05, 0.1) is 0 Å². The molecular formula is C14H10Br3F. The summed E-state index contributed by atoms with van der Waals surface area (Å²) >= 11 is 10.4. The number of alkyl halides is 1. The van der Waals surface area contributed by atoms with Crippen LogP contribution < -0.4 is 0 Å². The molecule has 0 fully saturated rings. The maximum Gasteiger partial charge on any atom is 0.124 e. The van der Waals surface area contributed by atoms with Crippen molar-refractivity contribution in [2.45, 2.75) is 11.2 Å². The smallest absolute Gasteiger partial charge is 0.124 e. The van der Waals surface area contributed by atoms with Gasteiger partial charge in [0, 0.05) is 13.8 Å². The van der Waals surface area contributed by atoms with Gasteiger partial charge < -0.3 is 0 Å². The van der Waals surface area contributed by atoms with E-state index in [0.29, 0.717) is 0 Å². The quantitative estimate of drug-likeness (QED) is 0.515. The van der Waals surface area contributed by atoms with Gasteiger partial charge in [0.2, 0.25) is 0 Å². The fraction of sp³-hybridized carbons (Fsp3) is 0.143. The molecule has 0 aliphatic heterocycles. The molecule has 2 aromatic carbocycles. The summed E-state index contributed by atoms with van der Waals surface area (Å²) in [5, 5.41) is 0. The van der Waals surface area contributed by atoms with E-state index in [1.807, 2.05) is 18.2 Å². The summed E-state index contributed by atoms with van der Waals surface area (Å²) in [5.74, 6) is -0.224. The predicted molar refractivity (Wildman–Crippen MR) is 83.6 cm³/mol. The van der Waals surface area contributed by atoms with E-state index < -0.39 is 0 Å². The first kappa shape index (κ1) is 14.2. The van der Waals surface area contributed by atoms with E-state index in [-0.39, 0.29) is 10.6 Å². The monoisotopic (exact) mass is 434 g/mol. The lowest BCUT2D eigenvalue weighted by Gasteiger charge is -2.11. The van der Waals surface area contributed by atoms with Crippen LogP contribution in [0.4, 0.5) is 4.39 Å². The van der Waals surface area contributed by atoms with Crippen molar-refractivity contribution in [3.05, 3.63) is 68.4 Å². The first-order valence-corrected chi connectivity index (χ1v) is 7.89. The molecule has 1 unspecified atom stereocenters. The maximum atomic E-state index is 13.3. The van der Waals surface area contributed by atoms with Crippen molar-refractivity contribution < 1.29 is 4.39 Å². The average Bonchev–Trinajstić information content (AvgIpc) is 2.27. The van der Waals surface area contributed by atoms with Gasteiger partial charge in [0.15, 0.2) is 0 Å². The first-order chi connectivity index (χ1) is 8.54. The molecule has 0 amide bonds. The van der Waals surface area contributed by atoms with E-state index >= 15 is 0 Å². The molecule has 2 rings (SSSR count). The molecule has 0 radical (unpaired) electrons. The number of rotatable bonds is 3. The minimum absolute atomic E-state index is 0.0961. The predicted octanol–water partition coefficient (Wildman–Crippen LogP) is 6.03. The molecule has 0 N–H and O–H groups in total. The van der Waals surface area contributed by atoms with Crippen LogP contribution in [0.25, 0.3) is 0 Å². The second-order valence-electron chi connectivity index (χ2n) is 4.00. The Morgan fingerprint density at radius 1 is 1.00 bits per heavy atom. The van der Waals surface area contributed by atoms with E-state index in [1.165, 1.54) is 11.6 Å². The molecular weight excluding hydrogens is 427 g/mol. The SMILES string of the molecule is Fc1cc(Br)cc(C(Br)Cc2cccc(Br)c2)c1. The molecule has 0 heterocycles. The summed E-state index contributed by atoms with van der Waals surface area (Å²) in [6.07, 6.45) is 0.815. The maximum absolute atomic E-state index is 13.3. The first-order valence-electron chi connectivity index (χ1n) is 5.39. The third-order valence-corrected chi connectivity index (χ3v) is 4.35. The van der Waals surface area contributed by atoms with E-state index in [4.69, 9.17) is 0 Å². The van der Waals surface area contributed by atoms with Crippen LogP contribution in [0.3, 0.4) is 0 Å². The van der Waals surface area contributed by atoms with Crippen molar-refractivity contribution in [3.63, 3.8) is 0 Å². The van der Waals surface area contributed by atoms with Crippen molar-refractivity contribution in [1.29, 1.82) is 0 Å². The fourth-order valence-electron chi connectivity index (χ4n) is 1.74. The number of benzene rings is 2. The summed E-state index contributed by atoms with van der Waals surface area (Å²) in [6, 6.07) is 13.1. The molecule has 0 saturated carbocycles. The van der Waals surface area contributed by atoms with E-state index in [1.54, 1.807) is 6.07 Å². The molecule has 0 bridgehead atoms. The normalized spacial score (nSPS) is 12.4. The second-order valence-corrected chi connectivity index (χ2v) is 6.94. The van der Waals surface area contributed by atoms with Crippen molar-refractivity contribution in [3.8, 4) is 0 Å². The molecule has 0 spiro atoms. The lowest BCUT2D eigenvalue weighted by molar-refractivity contribution is 0.624. The molecule has 0 nitrogen and oxygen atoms in total. The third kappa shape index (κ3) is 3.90. The van der Waals surface area contributed by atoms with E-state index in [0.717, 1.165) is 20.9 Å². The molecule has 0 aromatic heterocycles. The zero-order valence-corrected chi connectivity index (χ0v) is 14.1. The minimum atomic E-state index is -0.224. The number of halogens is 4. The topological polar surface area (TPSA) is 0 Å². The standard InChI is InChI=1S/C14H10Br3F/c15-11-3-1-2-9(4-11)5-14(17)10-6-12(16)8-13(18)7-10/h1-4,6-8,14H,5H2. The summed E-state index contributed by atoms with van der Waals surface area (Å²) in [5.41, 5.74) is 2.13. The van der Waals surface area contributed by atoms with Gasteiger partial charge in [-0.15, -0.1) is 0 Å². The molecule has 18 heavy (non-hydrogen) atoms. The van der Waals surface area contributed by atoms with Crippen molar-refractivity contribution in [2.75, 3.05) is 0 Å². The lowest BCUT2D eigenvalue weighted by atomic mass is 10.0. The summed E-state index contributed by atoms with van der Waals surface area (Å²) in [7, 11) is 0. The van der Waals surface area contributed by atoms with Crippen LogP contribution in [0.5, 0.6) is 0 Å². The molecule has 1 atom stereocenters. The highest BCUT2D eigenvalue weighted by Gasteiger charge is 2.10. The van der Waals surface area contributed by atoms with Crippen molar-refractivity contribution in [1.82, 2.24) is 0 Å². The number of hydrogen-bond acceptors (Lipinski definition) is 0. The third-order valence-electron chi connectivity index (χ3n) is 2.55.